The summed E-state index contributed by atoms with van der Waals surface area (Å²) < 4.78 is 24.9. The van der Waals surface area contributed by atoms with Crippen LogP contribution in [0.5, 0.6) is 0 Å². The van der Waals surface area contributed by atoms with Crippen molar-refractivity contribution in [2.75, 3.05) is 0 Å². The van der Waals surface area contributed by atoms with Crippen LogP contribution in [0, 0.1) is 11.7 Å². The fourth-order valence-corrected chi connectivity index (χ4v) is 3.44. The summed E-state index contributed by atoms with van der Waals surface area (Å²) in [4.78, 5) is 12.2. The molecule has 1 amide bonds. The number of nitrogens with one attached hydrogen (secondary N) is 1. The second-order valence-electron chi connectivity index (χ2n) is 7.40. The molecule has 154 valence electrons. The van der Waals surface area contributed by atoms with Gasteiger partial charge in [-0.1, -0.05) is 49.7 Å². The minimum Gasteiger partial charge on any atom is -0.444 e. The molecule has 6 nitrogen and oxygen atoms in total. The van der Waals surface area contributed by atoms with Gasteiger partial charge in [0, 0.05) is 16.3 Å². The molecule has 1 unspecified atom stereocenters. The lowest BCUT2D eigenvalue weighted by molar-refractivity contribution is 0.0473. The normalized spacial score (nSPS) is 13.8. The lowest BCUT2D eigenvalue weighted by Crippen LogP contribution is -2.37. The molecule has 28 heavy (non-hydrogen) atoms. The van der Waals surface area contributed by atoms with Gasteiger partial charge in [-0.2, -0.15) is 0 Å². The number of aromatic nitrogens is 2. The van der Waals surface area contributed by atoms with Crippen molar-refractivity contribution in [3.05, 3.63) is 40.5 Å². The SMILES string of the molecule is CCC(C)[C@H](NC(=O)OC(C)(C)C)c1nnc(SCc2c(F)cccc2Cl)o1. The molecular formula is C19H25ClFN3O3S. The Kier molecular flexibility index (Phi) is 7.71. The molecule has 0 fully saturated rings. The monoisotopic (exact) mass is 429 g/mol. The zero-order chi connectivity index (χ0) is 20.9. The van der Waals surface area contributed by atoms with E-state index >= 15 is 0 Å². The van der Waals surface area contributed by atoms with Crippen LogP contribution in [0.25, 0.3) is 0 Å². The summed E-state index contributed by atoms with van der Waals surface area (Å²) in [5.74, 6) is 0.193. The zero-order valence-corrected chi connectivity index (χ0v) is 18.2. The Balaban J connectivity index is 2.10. The molecule has 1 N–H and O–H groups in total. The molecular weight excluding hydrogens is 405 g/mol. The minimum atomic E-state index is -0.612. The third kappa shape index (κ3) is 6.38. The quantitative estimate of drug-likeness (QED) is 0.563. The molecule has 0 saturated heterocycles. The second-order valence-corrected chi connectivity index (χ2v) is 8.74. The highest BCUT2D eigenvalue weighted by Gasteiger charge is 2.28. The van der Waals surface area contributed by atoms with Gasteiger partial charge in [-0.05, 0) is 38.8 Å². The molecule has 1 aromatic heterocycles. The number of benzene rings is 1. The topological polar surface area (TPSA) is 77.2 Å². The average Bonchev–Trinajstić information content (AvgIpc) is 3.05. The van der Waals surface area contributed by atoms with Gasteiger partial charge >= 0.3 is 6.09 Å². The zero-order valence-electron chi connectivity index (χ0n) is 16.6. The van der Waals surface area contributed by atoms with E-state index in [0.717, 1.165) is 6.42 Å². The van der Waals surface area contributed by atoms with Crippen molar-refractivity contribution in [2.24, 2.45) is 5.92 Å². The molecule has 9 heteroatoms. The van der Waals surface area contributed by atoms with Gasteiger partial charge in [0.25, 0.3) is 5.22 Å². The van der Waals surface area contributed by atoms with Crippen molar-refractivity contribution in [2.45, 2.75) is 63.7 Å². The summed E-state index contributed by atoms with van der Waals surface area (Å²) in [5.41, 5.74) is -0.238. The van der Waals surface area contributed by atoms with Crippen molar-refractivity contribution in [3.63, 3.8) is 0 Å². The molecule has 1 aromatic carbocycles. The van der Waals surface area contributed by atoms with Crippen LogP contribution in [-0.4, -0.2) is 21.9 Å². The summed E-state index contributed by atoms with van der Waals surface area (Å²) in [6.45, 7) is 9.35. The number of amides is 1. The standard InChI is InChI=1S/C19H25ClFN3O3S/c1-6-11(2)15(22-17(25)27-19(3,4)5)16-23-24-18(26-16)28-10-12-13(20)8-7-9-14(12)21/h7-9,11,15H,6,10H2,1-5H3,(H,22,25)/t11?,15-/m0/s1. The largest absolute Gasteiger partial charge is 0.444 e. The van der Waals surface area contributed by atoms with Crippen LogP contribution in [0.4, 0.5) is 9.18 Å². The first-order valence-corrected chi connectivity index (χ1v) is 10.4. The molecule has 0 spiro atoms. The van der Waals surface area contributed by atoms with Crippen molar-refractivity contribution in [1.82, 2.24) is 15.5 Å². The number of halogens is 2. The Bertz CT molecular complexity index is 790. The Morgan fingerprint density at radius 1 is 1.39 bits per heavy atom. The lowest BCUT2D eigenvalue weighted by atomic mass is 9.99. The maximum absolute atomic E-state index is 13.9. The smallest absolute Gasteiger partial charge is 0.408 e. The third-order valence-electron chi connectivity index (χ3n) is 3.98. The van der Waals surface area contributed by atoms with E-state index in [-0.39, 0.29) is 28.6 Å². The Labute approximate surface area is 173 Å². The van der Waals surface area contributed by atoms with Gasteiger partial charge < -0.3 is 14.5 Å². The number of hydrogen-bond donors (Lipinski definition) is 1. The van der Waals surface area contributed by atoms with Gasteiger partial charge in [-0.15, -0.1) is 10.2 Å². The number of nitrogens with zero attached hydrogens (tertiary/aromatic N) is 2. The molecule has 2 rings (SSSR count). The Morgan fingerprint density at radius 2 is 2.11 bits per heavy atom. The van der Waals surface area contributed by atoms with E-state index in [1.54, 1.807) is 32.9 Å². The van der Waals surface area contributed by atoms with Crippen LogP contribution in [0.1, 0.15) is 58.5 Å². The highest BCUT2D eigenvalue weighted by atomic mass is 35.5. The molecule has 2 atom stereocenters. The predicted octanol–water partition coefficient (Wildman–Crippen LogP) is 5.77. The van der Waals surface area contributed by atoms with Crippen molar-refractivity contribution in [1.29, 1.82) is 0 Å². The van der Waals surface area contributed by atoms with E-state index in [4.69, 9.17) is 20.8 Å². The maximum Gasteiger partial charge on any atom is 0.408 e. The first kappa shape index (κ1) is 22.5. The molecule has 1 heterocycles. The number of ether oxygens (including phenoxy) is 1. The van der Waals surface area contributed by atoms with Crippen LogP contribution < -0.4 is 5.32 Å². The Morgan fingerprint density at radius 3 is 2.71 bits per heavy atom. The van der Waals surface area contributed by atoms with E-state index in [1.807, 2.05) is 13.8 Å². The summed E-state index contributed by atoms with van der Waals surface area (Å²) in [6.07, 6.45) is 0.235. The van der Waals surface area contributed by atoms with Crippen molar-refractivity contribution in [3.8, 4) is 0 Å². The lowest BCUT2D eigenvalue weighted by Gasteiger charge is -2.24. The Hall–Kier alpha value is -1.80. The van der Waals surface area contributed by atoms with E-state index in [2.05, 4.69) is 15.5 Å². The third-order valence-corrected chi connectivity index (χ3v) is 5.17. The number of hydrogen-bond acceptors (Lipinski definition) is 6. The highest BCUT2D eigenvalue weighted by molar-refractivity contribution is 7.98. The van der Waals surface area contributed by atoms with E-state index in [0.29, 0.717) is 10.6 Å². The van der Waals surface area contributed by atoms with Crippen LogP contribution in [0.2, 0.25) is 5.02 Å². The summed E-state index contributed by atoms with van der Waals surface area (Å²) in [5, 5.41) is 11.5. The van der Waals surface area contributed by atoms with Gasteiger partial charge in [0.1, 0.15) is 17.5 Å². The van der Waals surface area contributed by atoms with Gasteiger partial charge in [-0.25, -0.2) is 9.18 Å². The first-order chi connectivity index (χ1) is 13.1. The first-order valence-electron chi connectivity index (χ1n) is 8.99. The molecule has 0 bridgehead atoms. The maximum atomic E-state index is 13.9. The number of rotatable bonds is 7. The molecule has 0 saturated carbocycles. The molecule has 0 radical (unpaired) electrons. The van der Waals surface area contributed by atoms with E-state index in [1.165, 1.54) is 17.8 Å². The molecule has 0 aliphatic heterocycles. The molecule has 0 aliphatic carbocycles. The highest BCUT2D eigenvalue weighted by Crippen LogP contribution is 2.30. The van der Waals surface area contributed by atoms with Gasteiger partial charge in [0.05, 0.1) is 0 Å². The van der Waals surface area contributed by atoms with Crippen molar-refractivity contribution >= 4 is 29.5 Å². The predicted molar refractivity (Wildman–Crippen MR) is 107 cm³/mol. The number of carbonyl (C=O) groups is 1. The molecule has 2 aromatic rings. The van der Waals surface area contributed by atoms with Crippen LogP contribution in [-0.2, 0) is 10.5 Å². The van der Waals surface area contributed by atoms with Gasteiger partial charge in [-0.3, -0.25) is 0 Å². The summed E-state index contributed by atoms with van der Waals surface area (Å²) in [6, 6.07) is 4.04. The average molecular weight is 430 g/mol. The fraction of sp³-hybridized carbons (Fsp3) is 0.526. The van der Waals surface area contributed by atoms with Gasteiger partial charge in [0.15, 0.2) is 0 Å². The number of alkyl carbamates (subject to hydrolysis) is 1. The fourth-order valence-electron chi connectivity index (χ4n) is 2.33. The molecule has 0 aliphatic rings. The van der Waals surface area contributed by atoms with E-state index in [9.17, 15) is 9.18 Å². The van der Waals surface area contributed by atoms with Gasteiger partial charge in [0.2, 0.25) is 5.89 Å². The van der Waals surface area contributed by atoms with Crippen LogP contribution in [0.15, 0.2) is 27.8 Å². The van der Waals surface area contributed by atoms with E-state index < -0.39 is 17.7 Å². The number of carbonyl (C=O) groups excluding carboxylic acids is 1. The van der Waals surface area contributed by atoms with Crippen molar-refractivity contribution < 1.29 is 18.3 Å². The van der Waals surface area contributed by atoms with Crippen LogP contribution >= 0.6 is 23.4 Å². The van der Waals surface area contributed by atoms with Crippen LogP contribution in [0.3, 0.4) is 0 Å². The summed E-state index contributed by atoms with van der Waals surface area (Å²) >= 11 is 7.22. The second kappa shape index (κ2) is 9.60. The minimum absolute atomic E-state index is 0.0480. The number of thioether (sulfide) groups is 1. The summed E-state index contributed by atoms with van der Waals surface area (Å²) in [7, 11) is 0.